The van der Waals surface area contributed by atoms with Gasteiger partial charge >= 0.3 is 29.6 Å². The van der Waals surface area contributed by atoms with Gasteiger partial charge in [-0.2, -0.15) is 0 Å². The number of rotatable bonds is 9. The van der Waals surface area contributed by atoms with Crippen LogP contribution in [-0.4, -0.2) is 28.8 Å². The molecule has 0 N–H and O–H groups in total. The molecule has 0 aliphatic heterocycles. The van der Waals surface area contributed by atoms with E-state index in [1.165, 1.54) is 0 Å². The maximum Gasteiger partial charge on any atom is 1.00 e. The van der Waals surface area contributed by atoms with E-state index < -0.39 is 17.7 Å². The van der Waals surface area contributed by atoms with Gasteiger partial charge in [-0.25, -0.2) is 9.97 Å². The molecule has 6 nitrogen and oxygen atoms in total. The van der Waals surface area contributed by atoms with Crippen LogP contribution in [0.1, 0.15) is 28.8 Å². The normalized spacial score (nSPS) is 11.6. The fourth-order valence-corrected chi connectivity index (χ4v) is 3.72. The zero-order valence-corrected chi connectivity index (χ0v) is 21.8. The van der Waals surface area contributed by atoms with Crippen molar-refractivity contribution >= 4 is 52.7 Å². The third-order valence-corrected chi connectivity index (χ3v) is 5.50. The maximum absolute atomic E-state index is 12.6. The number of aliphatic carboxylic acids is 1. The molecule has 0 spiro atoms. The summed E-state index contributed by atoms with van der Waals surface area (Å²) in [5, 5.41) is 11.9. The Morgan fingerprint density at radius 1 is 1.03 bits per heavy atom. The minimum Gasteiger partial charge on any atom is -0.550 e. The van der Waals surface area contributed by atoms with E-state index in [2.05, 4.69) is 9.97 Å². The number of benzene rings is 2. The Morgan fingerprint density at radius 2 is 1.64 bits per heavy atom. The molecule has 0 fully saturated rings. The number of hydrogen-bond acceptors (Lipinski definition) is 6. The molecule has 1 aromatic heterocycles. The number of hydrogen-bond donors (Lipinski definition) is 0. The van der Waals surface area contributed by atoms with Gasteiger partial charge in [-0.15, -0.1) is 0 Å². The van der Waals surface area contributed by atoms with Crippen LogP contribution < -0.4 is 39.6 Å². The van der Waals surface area contributed by atoms with E-state index >= 15 is 0 Å². The van der Waals surface area contributed by atoms with Crippen molar-refractivity contribution in [1.82, 2.24) is 9.97 Å². The van der Waals surface area contributed by atoms with Gasteiger partial charge in [-0.1, -0.05) is 53.6 Å². The van der Waals surface area contributed by atoms with Crippen molar-refractivity contribution in [2.45, 2.75) is 12.8 Å². The van der Waals surface area contributed by atoms with Gasteiger partial charge in [0.25, 0.3) is 0 Å². The van der Waals surface area contributed by atoms with Gasteiger partial charge in [0.2, 0.25) is 5.95 Å². The summed E-state index contributed by atoms with van der Waals surface area (Å²) in [5.74, 6) is -2.15. The van der Waals surface area contributed by atoms with Gasteiger partial charge in [0.15, 0.2) is 5.78 Å². The molecule has 0 bridgehead atoms. The van der Waals surface area contributed by atoms with Gasteiger partial charge in [-0.3, -0.25) is 4.79 Å². The largest absolute Gasteiger partial charge is 1.00 e. The van der Waals surface area contributed by atoms with E-state index in [9.17, 15) is 14.7 Å². The topological polar surface area (TPSA) is 86.2 Å². The number of carboxylic acids is 1. The smallest absolute Gasteiger partial charge is 0.550 e. The molecule has 0 saturated carbocycles. The Kier molecular flexibility index (Phi) is 10.5. The molecule has 0 radical (unpaired) electrons. The zero-order valence-electron chi connectivity index (χ0n) is 18.2. The monoisotopic (exact) mass is 491 g/mol. The van der Waals surface area contributed by atoms with Crippen molar-refractivity contribution < 1.29 is 44.3 Å². The number of aromatic nitrogens is 2. The molecule has 0 aliphatic carbocycles. The molecule has 0 amide bonds. The summed E-state index contributed by atoms with van der Waals surface area (Å²) in [6.45, 7) is 0. The third kappa shape index (κ3) is 7.39. The number of carboxylic acid groups (broad SMARTS) is 1. The number of anilines is 2. The zero-order chi connectivity index (χ0) is 23.1. The summed E-state index contributed by atoms with van der Waals surface area (Å²) in [6, 6.07) is 14.1. The standard InChI is InChI=1S/C24H21Cl2N3O3.Na/c1-29(24-27-13-4-14-28-24)18-11-9-16(10-12-18)5-2-6-17(23(31)32)15-21(30)22-19(25)7-3-8-20(22)26;/h2-5,7-14,17H,6,15H2,1H3,(H,31,32);/q;+1/p-1/b5-2+;/t17-;/m1./s1. The van der Waals surface area contributed by atoms with Gasteiger partial charge in [0.1, 0.15) is 0 Å². The van der Waals surface area contributed by atoms with Crippen molar-refractivity contribution in [1.29, 1.82) is 0 Å². The average Bonchev–Trinajstić information content (AvgIpc) is 2.78. The van der Waals surface area contributed by atoms with Crippen LogP contribution in [-0.2, 0) is 4.79 Å². The molecule has 0 unspecified atom stereocenters. The molecule has 9 heteroatoms. The first-order valence-corrected chi connectivity index (χ1v) is 10.6. The summed E-state index contributed by atoms with van der Waals surface area (Å²) in [7, 11) is 1.87. The van der Waals surface area contributed by atoms with E-state index in [1.807, 2.05) is 36.2 Å². The number of nitrogens with zero attached hydrogens (tertiary/aromatic N) is 3. The molecule has 164 valence electrons. The van der Waals surface area contributed by atoms with E-state index in [1.54, 1.807) is 48.8 Å². The van der Waals surface area contributed by atoms with Crippen LogP contribution >= 0.6 is 23.2 Å². The van der Waals surface area contributed by atoms with Crippen LogP contribution in [0.3, 0.4) is 0 Å². The summed E-state index contributed by atoms with van der Waals surface area (Å²) in [6.07, 6.45) is 6.74. The summed E-state index contributed by atoms with van der Waals surface area (Å²) in [4.78, 5) is 34.4. The fraction of sp³-hybridized carbons (Fsp3) is 0.167. The minimum absolute atomic E-state index is 0. The summed E-state index contributed by atoms with van der Waals surface area (Å²) in [5.41, 5.74) is 1.92. The Balaban J connectivity index is 0.00000385. The molecule has 3 aromatic rings. The number of carbonyl (C=O) groups is 2. The van der Waals surface area contributed by atoms with Crippen LogP contribution in [0, 0.1) is 5.92 Å². The Bertz CT molecular complexity index is 1110. The molecular formula is C24H20Cl2N3NaO3. The first-order chi connectivity index (χ1) is 15.4. The number of ketones is 1. The molecule has 1 heterocycles. The van der Waals surface area contributed by atoms with Crippen molar-refractivity contribution in [3.05, 3.63) is 88.2 Å². The predicted octanol–water partition coefficient (Wildman–Crippen LogP) is 1.60. The van der Waals surface area contributed by atoms with E-state index in [0.717, 1.165) is 11.3 Å². The van der Waals surface area contributed by atoms with Crippen molar-refractivity contribution in [2.24, 2.45) is 5.92 Å². The molecule has 0 saturated heterocycles. The second-order valence-corrected chi connectivity index (χ2v) is 7.89. The fourth-order valence-electron chi connectivity index (χ4n) is 3.11. The molecule has 0 aliphatic rings. The van der Waals surface area contributed by atoms with Gasteiger partial charge in [0.05, 0.1) is 15.6 Å². The number of carbonyl (C=O) groups excluding carboxylic acids is 2. The minimum atomic E-state index is -1.30. The van der Waals surface area contributed by atoms with E-state index in [0.29, 0.717) is 5.95 Å². The van der Waals surface area contributed by atoms with Crippen LogP contribution in [0.15, 0.2) is 67.0 Å². The molecule has 3 rings (SSSR count). The first-order valence-electron chi connectivity index (χ1n) is 9.82. The van der Waals surface area contributed by atoms with Crippen LogP contribution in [0.4, 0.5) is 11.6 Å². The molecule has 1 atom stereocenters. The van der Waals surface area contributed by atoms with Crippen LogP contribution in [0.25, 0.3) is 6.08 Å². The van der Waals surface area contributed by atoms with Gasteiger partial charge in [0, 0.05) is 43.4 Å². The van der Waals surface area contributed by atoms with Crippen LogP contribution in [0.2, 0.25) is 10.0 Å². The number of Topliss-reactive ketones (excluding diaryl/α,β-unsaturated/α-hetero) is 1. The Hall–Kier alpha value is -2.22. The van der Waals surface area contributed by atoms with Gasteiger partial charge < -0.3 is 14.8 Å². The SMILES string of the molecule is CN(c1ccc(/C=C/C[C@H](CC(=O)c2c(Cl)cccc2Cl)C(=O)[O-])cc1)c1ncccn1.[Na+]. The van der Waals surface area contributed by atoms with Crippen molar-refractivity contribution in [3.63, 3.8) is 0 Å². The second kappa shape index (κ2) is 12.9. The first kappa shape index (κ1) is 27.0. The third-order valence-electron chi connectivity index (χ3n) is 4.87. The average molecular weight is 492 g/mol. The molecular weight excluding hydrogens is 472 g/mol. The van der Waals surface area contributed by atoms with Crippen molar-refractivity contribution in [3.8, 4) is 0 Å². The van der Waals surface area contributed by atoms with Crippen molar-refractivity contribution in [2.75, 3.05) is 11.9 Å². The maximum atomic E-state index is 12.6. The van der Waals surface area contributed by atoms with E-state index in [4.69, 9.17) is 23.2 Å². The van der Waals surface area contributed by atoms with E-state index in [-0.39, 0.29) is 58.0 Å². The summed E-state index contributed by atoms with van der Waals surface area (Å²) >= 11 is 12.1. The Morgan fingerprint density at radius 3 is 2.21 bits per heavy atom. The van der Waals surface area contributed by atoms with Crippen LogP contribution in [0.5, 0.6) is 0 Å². The molecule has 2 aromatic carbocycles. The second-order valence-electron chi connectivity index (χ2n) is 7.08. The Labute approximate surface area is 224 Å². The molecule has 33 heavy (non-hydrogen) atoms. The quantitative estimate of drug-likeness (QED) is 0.333. The number of allylic oxidation sites excluding steroid dienone is 1. The number of halogens is 2. The van der Waals surface area contributed by atoms with Gasteiger partial charge in [-0.05, 0) is 42.3 Å². The summed E-state index contributed by atoms with van der Waals surface area (Å²) < 4.78 is 0. The predicted molar refractivity (Wildman–Crippen MR) is 124 cm³/mol.